The fourth-order valence-electron chi connectivity index (χ4n) is 2.94. The van der Waals surface area contributed by atoms with Gasteiger partial charge in [-0.15, -0.1) is 10.2 Å². The van der Waals surface area contributed by atoms with Crippen molar-refractivity contribution in [1.29, 1.82) is 0 Å². The molecule has 0 saturated heterocycles. The molecule has 4 aromatic rings. The number of aryl methyl sites for hydroxylation is 2. The molecule has 0 N–H and O–H groups in total. The van der Waals surface area contributed by atoms with Crippen LogP contribution in [0.4, 0.5) is 11.5 Å². The Bertz CT molecular complexity index is 1060. The van der Waals surface area contributed by atoms with Crippen LogP contribution in [-0.2, 0) is 0 Å². The first-order valence-corrected chi connectivity index (χ1v) is 8.24. The second-order valence-corrected chi connectivity index (χ2v) is 6.07. The van der Waals surface area contributed by atoms with Crippen LogP contribution in [0.5, 0.6) is 0 Å². The summed E-state index contributed by atoms with van der Waals surface area (Å²) in [7, 11) is 0. The highest BCUT2D eigenvalue weighted by Crippen LogP contribution is 2.34. The molecule has 0 unspecified atom stereocenters. The predicted octanol–water partition coefficient (Wildman–Crippen LogP) is 6.03. The molecule has 0 aliphatic heterocycles. The summed E-state index contributed by atoms with van der Waals surface area (Å²) >= 11 is 0. The van der Waals surface area contributed by atoms with Gasteiger partial charge in [0.1, 0.15) is 11.3 Å². The van der Waals surface area contributed by atoms with Crippen molar-refractivity contribution in [3.8, 4) is 11.3 Å². The first-order chi connectivity index (χ1) is 12.2. The minimum Gasteiger partial charge on any atom is -0.283 e. The third kappa shape index (κ3) is 2.94. The number of hydrogen-bond acceptors (Lipinski definition) is 3. The lowest BCUT2D eigenvalue weighted by Gasteiger charge is -2.05. The number of fused-ring (bicyclic) bond motifs is 1. The number of imidazole rings is 1. The number of azo groups is 1. The van der Waals surface area contributed by atoms with E-state index in [0.717, 1.165) is 28.4 Å². The van der Waals surface area contributed by atoms with Crippen molar-refractivity contribution in [2.24, 2.45) is 10.2 Å². The summed E-state index contributed by atoms with van der Waals surface area (Å²) in [5, 5.41) is 8.93. The van der Waals surface area contributed by atoms with Gasteiger partial charge in [-0.2, -0.15) is 0 Å². The molecule has 4 rings (SSSR count). The Balaban J connectivity index is 1.91. The Kier molecular flexibility index (Phi) is 3.86. The summed E-state index contributed by atoms with van der Waals surface area (Å²) in [5.41, 5.74) is 6.02. The molecule has 0 radical (unpaired) electrons. The third-order valence-electron chi connectivity index (χ3n) is 4.16. The van der Waals surface area contributed by atoms with Crippen LogP contribution >= 0.6 is 0 Å². The lowest BCUT2D eigenvalue weighted by atomic mass is 10.0. The molecule has 0 aliphatic rings. The second kappa shape index (κ2) is 6.32. The molecular weight excluding hydrogens is 308 g/mol. The van der Waals surface area contributed by atoms with E-state index in [1.54, 1.807) is 0 Å². The van der Waals surface area contributed by atoms with Crippen molar-refractivity contribution in [1.82, 2.24) is 9.38 Å². The topological polar surface area (TPSA) is 42.0 Å². The van der Waals surface area contributed by atoms with E-state index in [-0.39, 0.29) is 0 Å². The van der Waals surface area contributed by atoms with Crippen LogP contribution in [0, 0.1) is 13.8 Å². The number of rotatable bonds is 3. The van der Waals surface area contributed by atoms with E-state index in [2.05, 4.69) is 42.3 Å². The molecule has 2 aromatic heterocycles. The maximum atomic E-state index is 4.79. The van der Waals surface area contributed by atoms with E-state index in [1.807, 2.05) is 59.1 Å². The van der Waals surface area contributed by atoms with Gasteiger partial charge in [0.25, 0.3) is 0 Å². The van der Waals surface area contributed by atoms with E-state index in [0.29, 0.717) is 0 Å². The van der Waals surface area contributed by atoms with Crippen molar-refractivity contribution in [3.05, 3.63) is 84.1 Å². The zero-order valence-electron chi connectivity index (χ0n) is 14.2. The van der Waals surface area contributed by atoms with E-state index in [9.17, 15) is 0 Å². The fourth-order valence-corrected chi connectivity index (χ4v) is 2.94. The summed E-state index contributed by atoms with van der Waals surface area (Å²) in [6.45, 7) is 4.20. The molecule has 122 valence electrons. The Labute approximate surface area is 146 Å². The first kappa shape index (κ1) is 15.3. The van der Waals surface area contributed by atoms with E-state index in [4.69, 9.17) is 4.98 Å². The molecule has 4 heteroatoms. The van der Waals surface area contributed by atoms with Gasteiger partial charge >= 0.3 is 0 Å². The largest absolute Gasteiger partial charge is 0.283 e. The average Bonchev–Trinajstić information content (AvgIpc) is 2.99. The van der Waals surface area contributed by atoms with Gasteiger partial charge in [0.05, 0.1) is 5.69 Å². The standard InChI is InChI=1S/C21H18N4/c1-15-11-12-18(16(2)14-15)20-21(24-23-17-8-4-3-5-9-17)25-13-7-6-10-19(25)22-20/h3-14H,1-2H3. The normalized spacial score (nSPS) is 11.4. The third-order valence-corrected chi connectivity index (χ3v) is 4.16. The van der Waals surface area contributed by atoms with Crippen LogP contribution < -0.4 is 0 Å². The lowest BCUT2D eigenvalue weighted by Crippen LogP contribution is -1.86. The van der Waals surface area contributed by atoms with Gasteiger partial charge in [0, 0.05) is 11.8 Å². The van der Waals surface area contributed by atoms with Crippen molar-refractivity contribution in [2.75, 3.05) is 0 Å². The quantitative estimate of drug-likeness (QED) is 0.424. The van der Waals surface area contributed by atoms with Gasteiger partial charge in [-0.25, -0.2) is 4.98 Å². The van der Waals surface area contributed by atoms with Gasteiger partial charge in [-0.3, -0.25) is 4.40 Å². The molecule has 0 aliphatic carbocycles. The number of nitrogens with zero attached hydrogens (tertiary/aromatic N) is 4. The van der Waals surface area contributed by atoms with Gasteiger partial charge in [0.2, 0.25) is 0 Å². The summed E-state index contributed by atoms with van der Waals surface area (Å²) in [5.74, 6) is 0.742. The summed E-state index contributed by atoms with van der Waals surface area (Å²) in [4.78, 5) is 4.79. The Morgan fingerprint density at radius 2 is 1.64 bits per heavy atom. The second-order valence-electron chi connectivity index (χ2n) is 6.07. The predicted molar refractivity (Wildman–Crippen MR) is 101 cm³/mol. The molecule has 0 spiro atoms. The first-order valence-electron chi connectivity index (χ1n) is 8.24. The number of benzene rings is 2. The molecular formula is C21H18N4. The molecule has 0 saturated carbocycles. The summed E-state index contributed by atoms with van der Waals surface area (Å²) in [6, 6.07) is 22.0. The van der Waals surface area contributed by atoms with E-state index < -0.39 is 0 Å². The van der Waals surface area contributed by atoms with Gasteiger partial charge in [-0.05, 0) is 43.7 Å². The maximum Gasteiger partial charge on any atom is 0.187 e. The molecule has 25 heavy (non-hydrogen) atoms. The zero-order chi connectivity index (χ0) is 17.2. The minimum atomic E-state index is 0.742. The van der Waals surface area contributed by atoms with Crippen molar-refractivity contribution in [2.45, 2.75) is 13.8 Å². The summed E-state index contributed by atoms with van der Waals surface area (Å²) in [6.07, 6.45) is 1.97. The van der Waals surface area contributed by atoms with E-state index >= 15 is 0 Å². The van der Waals surface area contributed by atoms with Crippen molar-refractivity contribution >= 4 is 17.2 Å². The summed E-state index contributed by atoms with van der Waals surface area (Å²) < 4.78 is 1.97. The minimum absolute atomic E-state index is 0.742. The molecule has 0 amide bonds. The zero-order valence-corrected chi connectivity index (χ0v) is 14.2. The number of pyridine rings is 1. The lowest BCUT2D eigenvalue weighted by molar-refractivity contribution is 1.10. The van der Waals surface area contributed by atoms with Crippen LogP contribution in [0.2, 0.25) is 0 Å². The Morgan fingerprint density at radius 3 is 2.44 bits per heavy atom. The van der Waals surface area contributed by atoms with Crippen molar-refractivity contribution in [3.63, 3.8) is 0 Å². The Morgan fingerprint density at radius 1 is 0.840 bits per heavy atom. The van der Waals surface area contributed by atoms with Crippen LogP contribution in [0.15, 0.2) is 83.2 Å². The monoisotopic (exact) mass is 326 g/mol. The van der Waals surface area contributed by atoms with Crippen molar-refractivity contribution < 1.29 is 0 Å². The number of aromatic nitrogens is 2. The molecule has 0 atom stereocenters. The molecule has 4 nitrogen and oxygen atoms in total. The fraction of sp³-hybridized carbons (Fsp3) is 0.0952. The molecule has 0 bridgehead atoms. The Hall–Kier alpha value is -3.27. The van der Waals surface area contributed by atoms with E-state index in [1.165, 1.54) is 11.1 Å². The van der Waals surface area contributed by atoms with Crippen LogP contribution in [0.1, 0.15) is 11.1 Å². The van der Waals surface area contributed by atoms with Gasteiger partial charge in [-0.1, -0.05) is 48.0 Å². The highest BCUT2D eigenvalue weighted by Gasteiger charge is 2.15. The van der Waals surface area contributed by atoms with Crippen LogP contribution in [0.3, 0.4) is 0 Å². The molecule has 0 fully saturated rings. The maximum absolute atomic E-state index is 4.79. The number of hydrogen-bond donors (Lipinski definition) is 0. The van der Waals surface area contributed by atoms with Gasteiger partial charge in [0.15, 0.2) is 5.82 Å². The SMILES string of the molecule is Cc1ccc(-c2nc3ccccn3c2N=Nc2ccccc2)c(C)c1. The molecule has 2 aromatic carbocycles. The highest BCUT2D eigenvalue weighted by molar-refractivity contribution is 5.76. The average molecular weight is 326 g/mol. The smallest absolute Gasteiger partial charge is 0.187 e. The van der Waals surface area contributed by atoms with Crippen LogP contribution in [-0.4, -0.2) is 9.38 Å². The molecule has 2 heterocycles. The van der Waals surface area contributed by atoms with Gasteiger partial charge < -0.3 is 0 Å². The van der Waals surface area contributed by atoms with Crippen LogP contribution in [0.25, 0.3) is 16.9 Å². The highest BCUT2D eigenvalue weighted by atomic mass is 15.2.